The summed E-state index contributed by atoms with van der Waals surface area (Å²) in [7, 11) is -3.37. The van der Waals surface area contributed by atoms with Gasteiger partial charge in [0.2, 0.25) is 0 Å². The van der Waals surface area contributed by atoms with E-state index >= 15 is 0 Å². The van der Waals surface area contributed by atoms with Crippen molar-refractivity contribution in [2.24, 2.45) is 0 Å². The molecule has 0 saturated heterocycles. The van der Waals surface area contributed by atoms with E-state index in [-0.39, 0.29) is 43.6 Å². The lowest BCUT2D eigenvalue weighted by atomic mass is 10.1. The lowest BCUT2D eigenvalue weighted by Crippen LogP contribution is -2.74. The number of hydrogen-bond acceptors (Lipinski definition) is 0. The quantitative estimate of drug-likeness (QED) is 0.113. The van der Waals surface area contributed by atoms with E-state index in [0.29, 0.717) is 5.69 Å². The number of nitrogens with zero attached hydrogens (tertiary/aromatic N) is 2. The van der Waals surface area contributed by atoms with Gasteiger partial charge in [-0.3, -0.25) is 0 Å². The first-order valence-corrected chi connectivity index (χ1v) is 20.5. The standard InChI is InChI=1S/C54H38N2Si/c1-4-18-39(19-5-1)40-20-16-26-45(36-40)57(43-22-6-2-7-23-43,44-24-8-3-9-25-44)46-27-17-21-41(37-46)55-53-33-15-12-30-49(53)50-38-42(34-35-54(50)55)56-51-31-13-10-28-47(51)48-29-11-14-32-52(48)56/h1-38H/i10D,11D,12D,13D,14D,15D,28D,29D,30D,31D,32D,33D,34D,35D,38D. The van der Waals surface area contributed by atoms with E-state index in [4.69, 9.17) is 13.7 Å². The lowest BCUT2D eigenvalue weighted by molar-refractivity contribution is 1.17. The summed E-state index contributed by atoms with van der Waals surface area (Å²) in [4.78, 5) is 0. The van der Waals surface area contributed by atoms with Crippen LogP contribution in [0.3, 0.4) is 0 Å². The van der Waals surface area contributed by atoms with Gasteiger partial charge in [0.1, 0.15) is 0 Å². The molecule has 0 fully saturated rings. The molecule has 11 aromatic rings. The molecule has 0 bridgehead atoms. The maximum absolute atomic E-state index is 10.1. The minimum absolute atomic E-state index is 0.0875. The molecule has 57 heavy (non-hydrogen) atoms. The first-order chi connectivity index (χ1) is 34.5. The molecule has 0 saturated carbocycles. The summed E-state index contributed by atoms with van der Waals surface area (Å²) in [6.45, 7) is 0. The van der Waals surface area contributed by atoms with E-state index in [1.807, 2.05) is 78.9 Å². The summed E-state index contributed by atoms with van der Waals surface area (Å²) in [5, 5.41) is 3.08. The van der Waals surface area contributed by atoms with Crippen LogP contribution in [0.25, 0.3) is 66.1 Å². The van der Waals surface area contributed by atoms with Crippen LogP contribution in [-0.4, -0.2) is 17.2 Å². The summed E-state index contributed by atoms with van der Waals surface area (Å²) >= 11 is 0. The highest BCUT2D eigenvalue weighted by Crippen LogP contribution is 2.37. The van der Waals surface area contributed by atoms with Gasteiger partial charge in [0.25, 0.3) is 0 Å². The van der Waals surface area contributed by atoms with Gasteiger partial charge < -0.3 is 9.13 Å². The monoisotopic (exact) mass is 757 g/mol. The molecule has 2 heterocycles. The zero-order valence-corrected chi connectivity index (χ0v) is 31.2. The molecule has 3 heteroatoms. The highest BCUT2D eigenvalue weighted by atomic mass is 28.3. The molecule has 2 aromatic heterocycles. The van der Waals surface area contributed by atoms with Crippen molar-refractivity contribution in [3.8, 4) is 22.5 Å². The summed E-state index contributed by atoms with van der Waals surface area (Å²) in [6.07, 6.45) is 0. The Morgan fingerprint density at radius 2 is 0.772 bits per heavy atom. The SMILES string of the molecule is [2H]c1c([2H])c([2H])c2c(c1[2H])c1c([2H])c(-n3c4c([2H])c([2H])c([2H])c([2H])c4c4c([2H])c([2H])c([2H])c([2H])c43)c([2H])c([2H])c1n2-c1cccc([Si](c2ccccc2)(c2ccccc2)c2cccc(-c3ccccc3)c2)c1. The van der Waals surface area contributed by atoms with Crippen LogP contribution in [0.2, 0.25) is 0 Å². The van der Waals surface area contributed by atoms with Gasteiger partial charge in [-0.25, -0.2) is 0 Å². The van der Waals surface area contributed by atoms with E-state index in [2.05, 4.69) is 54.6 Å². The van der Waals surface area contributed by atoms with Crippen molar-refractivity contribution in [2.75, 3.05) is 0 Å². The molecular formula is C54H38N2Si. The molecule has 0 aliphatic rings. The Kier molecular flexibility index (Phi) is 5.03. The second-order valence-corrected chi connectivity index (χ2v) is 17.6. The number of aromatic nitrogens is 2. The fraction of sp³-hybridized carbons (Fsp3) is 0. The molecule has 11 rings (SSSR count). The van der Waals surface area contributed by atoms with Crippen LogP contribution >= 0.6 is 0 Å². The molecule has 0 atom stereocenters. The van der Waals surface area contributed by atoms with Gasteiger partial charge in [-0.15, -0.1) is 0 Å². The van der Waals surface area contributed by atoms with Crippen molar-refractivity contribution in [3.63, 3.8) is 0 Å². The molecule has 0 N–H and O–H groups in total. The number of benzene rings is 9. The molecule has 0 spiro atoms. The van der Waals surface area contributed by atoms with Crippen molar-refractivity contribution in [1.82, 2.24) is 9.13 Å². The Balaban J connectivity index is 1.29. The summed E-state index contributed by atoms with van der Waals surface area (Å²) < 4.78 is 140. The van der Waals surface area contributed by atoms with Crippen LogP contribution in [0.1, 0.15) is 20.6 Å². The van der Waals surface area contributed by atoms with Gasteiger partial charge in [0.05, 0.1) is 42.6 Å². The average Bonchev–Trinajstić information content (AvgIpc) is 3.96. The maximum Gasteiger partial charge on any atom is 0.179 e. The molecule has 9 aromatic carbocycles. The van der Waals surface area contributed by atoms with E-state index in [1.54, 1.807) is 6.07 Å². The first-order valence-electron chi connectivity index (χ1n) is 26.0. The normalized spacial score (nSPS) is 15.5. The molecule has 0 amide bonds. The zero-order chi connectivity index (χ0) is 50.8. The molecule has 0 aliphatic carbocycles. The number of para-hydroxylation sites is 3. The van der Waals surface area contributed by atoms with Crippen molar-refractivity contribution >= 4 is 72.4 Å². The topological polar surface area (TPSA) is 9.86 Å². The van der Waals surface area contributed by atoms with Crippen molar-refractivity contribution in [3.05, 3.63) is 230 Å². The molecule has 0 aliphatic heterocycles. The predicted octanol–water partition coefficient (Wildman–Crippen LogP) is 10.9. The maximum atomic E-state index is 10.1. The van der Waals surface area contributed by atoms with Crippen molar-refractivity contribution in [2.45, 2.75) is 0 Å². The molecular weight excluding hydrogens is 705 g/mol. The number of hydrogen-bond donors (Lipinski definition) is 0. The Bertz CT molecular complexity index is 3990. The lowest BCUT2D eigenvalue weighted by Gasteiger charge is -2.35. The van der Waals surface area contributed by atoms with Gasteiger partial charge in [0.15, 0.2) is 8.07 Å². The minimum atomic E-state index is -3.37. The summed E-state index contributed by atoms with van der Waals surface area (Å²) in [5.41, 5.74) is 0.981. The Labute approximate surface area is 354 Å². The third kappa shape index (κ3) is 5.24. The molecule has 268 valence electrons. The third-order valence-electron chi connectivity index (χ3n) is 10.8. The summed E-state index contributed by atoms with van der Waals surface area (Å²) in [6, 6.07) is 37.1. The number of rotatable bonds is 7. The van der Waals surface area contributed by atoms with Crippen LogP contribution in [0.15, 0.2) is 230 Å². The molecule has 0 unspecified atom stereocenters. The zero-order valence-electron chi connectivity index (χ0n) is 45.2. The van der Waals surface area contributed by atoms with E-state index in [0.717, 1.165) is 36.4 Å². The van der Waals surface area contributed by atoms with E-state index < -0.39 is 104 Å². The fourth-order valence-corrected chi connectivity index (χ4v) is 13.2. The van der Waals surface area contributed by atoms with E-state index in [1.165, 1.54) is 4.57 Å². The smallest absolute Gasteiger partial charge is 0.179 e. The second-order valence-electron chi connectivity index (χ2n) is 13.8. The van der Waals surface area contributed by atoms with Crippen LogP contribution in [-0.2, 0) is 0 Å². The van der Waals surface area contributed by atoms with Gasteiger partial charge in [-0.2, -0.15) is 0 Å². The van der Waals surface area contributed by atoms with E-state index in [9.17, 15) is 6.85 Å². The molecule has 0 radical (unpaired) electrons. The fourth-order valence-electron chi connectivity index (χ4n) is 8.34. The van der Waals surface area contributed by atoms with Crippen molar-refractivity contribution in [1.29, 1.82) is 0 Å². The predicted molar refractivity (Wildman–Crippen MR) is 244 cm³/mol. The van der Waals surface area contributed by atoms with Crippen LogP contribution in [0.4, 0.5) is 0 Å². The van der Waals surface area contributed by atoms with Gasteiger partial charge in [-0.05, 0) is 80.3 Å². The van der Waals surface area contributed by atoms with Gasteiger partial charge in [0, 0.05) is 32.9 Å². The first kappa shape index (κ1) is 21.2. The second kappa shape index (κ2) is 13.5. The minimum Gasteiger partial charge on any atom is -0.309 e. The molecule has 2 nitrogen and oxygen atoms in total. The number of fused-ring (bicyclic) bond motifs is 6. The van der Waals surface area contributed by atoms with Crippen LogP contribution in [0.5, 0.6) is 0 Å². The summed E-state index contributed by atoms with van der Waals surface area (Å²) in [5.74, 6) is 0. The van der Waals surface area contributed by atoms with Crippen LogP contribution in [0, 0.1) is 0 Å². The average molecular weight is 758 g/mol. The van der Waals surface area contributed by atoms with Crippen LogP contribution < -0.4 is 20.7 Å². The van der Waals surface area contributed by atoms with Gasteiger partial charge >= 0.3 is 0 Å². The van der Waals surface area contributed by atoms with Gasteiger partial charge in [-0.1, -0.05) is 182 Å². The Hall–Kier alpha value is -7.20. The highest BCUT2D eigenvalue weighted by Gasteiger charge is 2.41. The highest BCUT2D eigenvalue weighted by molar-refractivity contribution is 7.20. The Morgan fingerprint density at radius 3 is 1.37 bits per heavy atom. The van der Waals surface area contributed by atoms with Crippen molar-refractivity contribution < 1.29 is 20.6 Å². The Morgan fingerprint density at radius 1 is 0.333 bits per heavy atom. The third-order valence-corrected chi connectivity index (χ3v) is 15.5. The largest absolute Gasteiger partial charge is 0.309 e.